The van der Waals surface area contributed by atoms with Crippen LogP contribution in [-0.2, 0) is 14.8 Å². The van der Waals surface area contributed by atoms with Crippen molar-refractivity contribution in [3.05, 3.63) is 18.2 Å². The molecule has 1 aromatic carbocycles. The molecule has 1 aliphatic carbocycles. The molecule has 1 atom stereocenters. The van der Waals surface area contributed by atoms with Crippen molar-refractivity contribution in [2.24, 2.45) is 5.92 Å². The second kappa shape index (κ2) is 8.16. The number of rotatable bonds is 4. The quantitative estimate of drug-likeness (QED) is 0.782. The number of hydrogen-bond donors (Lipinski definition) is 1. The van der Waals surface area contributed by atoms with E-state index in [-0.39, 0.29) is 34.8 Å². The lowest BCUT2D eigenvalue weighted by Crippen LogP contribution is -2.47. The molecule has 1 aliphatic heterocycles. The van der Waals surface area contributed by atoms with Crippen LogP contribution in [0.2, 0.25) is 0 Å². The van der Waals surface area contributed by atoms with Crippen molar-refractivity contribution in [2.75, 3.05) is 13.1 Å². The minimum atomic E-state index is -3.77. The van der Waals surface area contributed by atoms with Crippen molar-refractivity contribution < 1.29 is 17.8 Å². The highest BCUT2D eigenvalue weighted by atomic mass is 32.2. The molecule has 1 N–H and O–H groups in total. The summed E-state index contributed by atoms with van der Waals surface area (Å²) >= 11 is 0. The monoisotopic (exact) mass is 406 g/mol. The molecule has 1 unspecified atom stereocenters. The van der Waals surface area contributed by atoms with Gasteiger partial charge in [-0.15, -0.1) is 0 Å². The largest absolute Gasteiger partial charge is 0.353 e. The third kappa shape index (κ3) is 3.91. The zero-order valence-electron chi connectivity index (χ0n) is 15.8. The Balaban J connectivity index is 1.48. The molecular weight excluding hydrogens is 380 g/mol. The van der Waals surface area contributed by atoms with Gasteiger partial charge >= 0.3 is 0 Å². The standard InChI is InChI=1S/C19H26N4O4S/c24-19(20-15-8-3-1-2-4-9-15)14-7-6-12-23(13-14)28(25,26)17-11-5-10-16-18(17)22-27-21-16/h5,10-11,14-15H,1-4,6-9,12-13H2,(H,20,24). The van der Waals surface area contributed by atoms with Crippen molar-refractivity contribution >= 4 is 27.0 Å². The molecule has 1 saturated carbocycles. The van der Waals surface area contributed by atoms with E-state index < -0.39 is 10.0 Å². The summed E-state index contributed by atoms with van der Waals surface area (Å²) in [5.41, 5.74) is 0.633. The van der Waals surface area contributed by atoms with Crippen LogP contribution in [0.15, 0.2) is 27.7 Å². The summed E-state index contributed by atoms with van der Waals surface area (Å²) in [6.45, 7) is 0.597. The predicted octanol–water partition coefficient (Wildman–Crippen LogP) is 2.46. The number of piperidine rings is 1. The van der Waals surface area contributed by atoms with E-state index in [1.54, 1.807) is 12.1 Å². The number of aromatic nitrogens is 2. The molecule has 0 radical (unpaired) electrons. The summed E-state index contributed by atoms with van der Waals surface area (Å²) in [7, 11) is -3.77. The lowest BCUT2D eigenvalue weighted by atomic mass is 9.97. The molecule has 0 bridgehead atoms. The van der Waals surface area contributed by atoms with Crippen molar-refractivity contribution in [2.45, 2.75) is 62.3 Å². The van der Waals surface area contributed by atoms with Gasteiger partial charge in [-0.1, -0.05) is 31.7 Å². The fraction of sp³-hybridized carbons (Fsp3) is 0.632. The normalized spacial score (nSPS) is 22.8. The third-order valence-electron chi connectivity index (χ3n) is 5.82. The lowest BCUT2D eigenvalue weighted by molar-refractivity contribution is -0.126. The summed E-state index contributed by atoms with van der Waals surface area (Å²) in [5, 5.41) is 10.6. The zero-order chi connectivity index (χ0) is 19.6. The van der Waals surface area contributed by atoms with Gasteiger partial charge in [-0.25, -0.2) is 13.0 Å². The molecule has 2 heterocycles. The van der Waals surface area contributed by atoms with Crippen molar-refractivity contribution in [3.63, 3.8) is 0 Å². The molecule has 8 nitrogen and oxygen atoms in total. The maximum absolute atomic E-state index is 13.2. The highest BCUT2D eigenvalue weighted by molar-refractivity contribution is 7.89. The van der Waals surface area contributed by atoms with Crippen LogP contribution in [0.25, 0.3) is 11.0 Å². The molecule has 9 heteroatoms. The first kappa shape index (κ1) is 19.3. The van der Waals surface area contributed by atoms with Gasteiger partial charge in [0, 0.05) is 19.1 Å². The molecule has 1 aromatic heterocycles. The van der Waals surface area contributed by atoms with Gasteiger partial charge in [-0.2, -0.15) is 4.31 Å². The molecule has 2 aromatic rings. The number of fused-ring (bicyclic) bond motifs is 1. The maximum atomic E-state index is 13.2. The van der Waals surface area contributed by atoms with E-state index in [0.717, 1.165) is 25.7 Å². The van der Waals surface area contributed by atoms with E-state index in [1.165, 1.54) is 23.2 Å². The number of carbonyl (C=O) groups excluding carboxylic acids is 1. The Hall–Kier alpha value is -2.00. The Bertz CT molecular complexity index is 934. The fourth-order valence-electron chi connectivity index (χ4n) is 4.25. The van der Waals surface area contributed by atoms with Gasteiger partial charge in [-0.3, -0.25) is 4.79 Å². The van der Waals surface area contributed by atoms with E-state index in [0.29, 0.717) is 24.9 Å². The first-order valence-electron chi connectivity index (χ1n) is 10.1. The summed E-state index contributed by atoms with van der Waals surface area (Å²) in [4.78, 5) is 12.9. The first-order chi connectivity index (χ1) is 13.6. The highest BCUT2D eigenvalue weighted by Crippen LogP contribution is 2.28. The Labute approximate surface area is 164 Å². The van der Waals surface area contributed by atoms with Crippen LogP contribution in [0.1, 0.15) is 51.4 Å². The fourth-order valence-corrected chi connectivity index (χ4v) is 5.91. The van der Waals surface area contributed by atoms with E-state index in [2.05, 4.69) is 15.6 Å². The number of benzene rings is 1. The Kier molecular flexibility index (Phi) is 5.63. The van der Waals surface area contributed by atoms with Gasteiger partial charge in [0.1, 0.15) is 10.4 Å². The van der Waals surface area contributed by atoms with Crippen LogP contribution in [0.4, 0.5) is 0 Å². The second-order valence-electron chi connectivity index (χ2n) is 7.79. The van der Waals surface area contributed by atoms with Gasteiger partial charge < -0.3 is 5.32 Å². The molecule has 2 aliphatic rings. The van der Waals surface area contributed by atoms with Crippen LogP contribution in [0.5, 0.6) is 0 Å². The number of carbonyl (C=O) groups is 1. The molecule has 0 spiro atoms. The number of nitrogens with one attached hydrogen (secondary N) is 1. The van der Waals surface area contributed by atoms with Crippen LogP contribution in [0.3, 0.4) is 0 Å². The highest BCUT2D eigenvalue weighted by Gasteiger charge is 2.35. The molecule has 4 rings (SSSR count). The molecule has 1 amide bonds. The van der Waals surface area contributed by atoms with Crippen molar-refractivity contribution in [3.8, 4) is 0 Å². The molecular formula is C19H26N4O4S. The van der Waals surface area contributed by atoms with E-state index in [9.17, 15) is 13.2 Å². The van der Waals surface area contributed by atoms with Gasteiger partial charge in [0.2, 0.25) is 15.9 Å². The average Bonchev–Trinajstić information content (AvgIpc) is 3.05. The lowest BCUT2D eigenvalue weighted by Gasteiger charge is -2.32. The van der Waals surface area contributed by atoms with Crippen LogP contribution < -0.4 is 5.32 Å². The van der Waals surface area contributed by atoms with E-state index >= 15 is 0 Å². The summed E-state index contributed by atoms with van der Waals surface area (Å²) in [6.07, 6.45) is 8.14. The minimum Gasteiger partial charge on any atom is -0.353 e. The molecule has 28 heavy (non-hydrogen) atoms. The summed E-state index contributed by atoms with van der Waals surface area (Å²) in [6, 6.07) is 5.01. The molecule has 1 saturated heterocycles. The van der Waals surface area contributed by atoms with Gasteiger partial charge in [0.25, 0.3) is 0 Å². The minimum absolute atomic E-state index is 0.0203. The average molecular weight is 407 g/mol. The number of hydrogen-bond acceptors (Lipinski definition) is 6. The van der Waals surface area contributed by atoms with Crippen LogP contribution in [0, 0.1) is 5.92 Å². The third-order valence-corrected chi connectivity index (χ3v) is 7.72. The van der Waals surface area contributed by atoms with E-state index in [1.807, 2.05) is 0 Å². The Morgan fingerprint density at radius 1 is 1.07 bits per heavy atom. The topological polar surface area (TPSA) is 105 Å². The van der Waals surface area contributed by atoms with Crippen LogP contribution >= 0.6 is 0 Å². The SMILES string of the molecule is O=C(NC1CCCCCC1)C1CCCN(S(=O)(=O)c2cccc3nonc23)C1. The maximum Gasteiger partial charge on any atom is 0.245 e. The van der Waals surface area contributed by atoms with Gasteiger partial charge in [0.15, 0.2) is 5.52 Å². The number of amides is 1. The van der Waals surface area contributed by atoms with Crippen molar-refractivity contribution in [1.29, 1.82) is 0 Å². The molecule has 2 fully saturated rings. The van der Waals surface area contributed by atoms with Gasteiger partial charge in [0.05, 0.1) is 5.92 Å². The second-order valence-corrected chi connectivity index (χ2v) is 9.69. The zero-order valence-corrected chi connectivity index (χ0v) is 16.7. The molecule has 152 valence electrons. The Morgan fingerprint density at radius 2 is 1.86 bits per heavy atom. The van der Waals surface area contributed by atoms with Gasteiger partial charge in [-0.05, 0) is 48.1 Å². The van der Waals surface area contributed by atoms with Crippen LogP contribution in [-0.4, -0.2) is 48.1 Å². The van der Waals surface area contributed by atoms with Crippen molar-refractivity contribution in [1.82, 2.24) is 19.9 Å². The smallest absolute Gasteiger partial charge is 0.245 e. The summed E-state index contributed by atoms with van der Waals surface area (Å²) < 4.78 is 32.5. The van der Waals surface area contributed by atoms with E-state index in [4.69, 9.17) is 4.63 Å². The number of sulfonamides is 1. The predicted molar refractivity (Wildman–Crippen MR) is 103 cm³/mol. The number of nitrogens with zero attached hydrogens (tertiary/aromatic N) is 3. The Morgan fingerprint density at radius 3 is 2.64 bits per heavy atom. The summed E-state index contributed by atoms with van der Waals surface area (Å²) in [5.74, 6) is -0.338. The first-order valence-corrected chi connectivity index (χ1v) is 11.5.